The Labute approximate surface area is 122 Å². The van der Waals surface area contributed by atoms with E-state index in [-0.39, 0.29) is 0 Å². The molecule has 1 rings (SSSR count). The number of halogens is 1. The summed E-state index contributed by atoms with van der Waals surface area (Å²) in [6.07, 6.45) is 4.87. The fraction of sp³-hybridized carbons (Fsp3) is 0.529. The Morgan fingerprint density at radius 2 is 1.84 bits per heavy atom. The highest BCUT2D eigenvalue weighted by Crippen LogP contribution is 2.27. The zero-order valence-corrected chi connectivity index (χ0v) is 12.9. The lowest BCUT2D eigenvalue weighted by Crippen LogP contribution is -2.00. The third-order valence-corrected chi connectivity index (χ3v) is 3.23. The van der Waals surface area contributed by atoms with Crippen LogP contribution in [0.15, 0.2) is 12.1 Å². The normalized spacial score (nSPS) is 9.89. The lowest BCUT2D eigenvalue weighted by Gasteiger charge is -2.12. The highest BCUT2D eigenvalue weighted by Gasteiger charge is 2.07. The molecule has 0 heterocycles. The number of ether oxygens (including phenoxy) is 1. The maximum absolute atomic E-state index is 6.19. The summed E-state index contributed by atoms with van der Waals surface area (Å²) >= 11 is 6.19. The summed E-state index contributed by atoms with van der Waals surface area (Å²) in [4.78, 5) is 0. The Morgan fingerprint density at radius 1 is 1.11 bits per heavy atom. The summed E-state index contributed by atoms with van der Waals surface area (Å²) in [7, 11) is 0. The Hall–Kier alpha value is -1.13. The van der Waals surface area contributed by atoms with Gasteiger partial charge in [0.1, 0.15) is 5.75 Å². The smallest absolute Gasteiger partial charge is 0.122 e. The van der Waals surface area contributed by atoms with Gasteiger partial charge in [-0.25, -0.2) is 0 Å². The predicted octanol–water partition coefficient (Wildman–Crippen LogP) is 5.17. The van der Waals surface area contributed by atoms with Gasteiger partial charge >= 0.3 is 0 Å². The third kappa shape index (κ3) is 5.57. The molecule has 0 aliphatic carbocycles. The molecule has 1 aromatic rings. The molecule has 0 aliphatic rings. The van der Waals surface area contributed by atoms with E-state index in [1.54, 1.807) is 0 Å². The second kappa shape index (κ2) is 8.88. The summed E-state index contributed by atoms with van der Waals surface area (Å²) in [6.45, 7) is 7.01. The van der Waals surface area contributed by atoms with E-state index in [4.69, 9.17) is 16.3 Å². The van der Waals surface area contributed by atoms with Gasteiger partial charge in [0.05, 0.1) is 6.61 Å². The molecule has 1 aromatic carbocycles. The van der Waals surface area contributed by atoms with Gasteiger partial charge in [-0.3, -0.25) is 0 Å². The summed E-state index contributed by atoms with van der Waals surface area (Å²) in [6, 6.07) is 4.05. The van der Waals surface area contributed by atoms with Crippen molar-refractivity contribution in [2.24, 2.45) is 0 Å². The van der Waals surface area contributed by atoms with E-state index >= 15 is 0 Å². The summed E-state index contributed by atoms with van der Waals surface area (Å²) in [5.41, 5.74) is 2.23. The lowest BCUT2D eigenvalue weighted by atomic mass is 10.1. The maximum Gasteiger partial charge on any atom is 0.122 e. The molecule has 0 aromatic heterocycles. The highest BCUT2D eigenvalue weighted by atomic mass is 35.5. The van der Waals surface area contributed by atoms with E-state index < -0.39 is 0 Å². The molecule has 0 bridgehead atoms. The molecular formula is C17H23ClO. The quantitative estimate of drug-likeness (QED) is 0.652. The largest absolute Gasteiger partial charge is 0.493 e. The van der Waals surface area contributed by atoms with Crippen LogP contribution in [0.5, 0.6) is 5.75 Å². The monoisotopic (exact) mass is 278 g/mol. The minimum atomic E-state index is 0.746. The molecule has 2 heteroatoms. The molecule has 1 nitrogen and oxygen atoms in total. The van der Waals surface area contributed by atoms with Crippen LogP contribution in [0.2, 0.25) is 5.02 Å². The van der Waals surface area contributed by atoms with Crippen molar-refractivity contribution in [2.45, 2.75) is 52.9 Å². The summed E-state index contributed by atoms with van der Waals surface area (Å²) < 4.78 is 5.79. The zero-order chi connectivity index (χ0) is 14.1. The van der Waals surface area contributed by atoms with Crippen LogP contribution in [0.4, 0.5) is 0 Å². The number of rotatable bonds is 6. The van der Waals surface area contributed by atoms with Crippen LogP contribution in [0.25, 0.3) is 0 Å². The molecule has 0 saturated heterocycles. The molecule has 0 radical (unpaired) electrons. The van der Waals surface area contributed by atoms with Crippen LogP contribution in [0.1, 0.15) is 50.7 Å². The summed E-state index contributed by atoms with van der Waals surface area (Å²) in [5, 5.41) is 0.806. The number of unbranched alkanes of at least 4 members (excludes halogenated alkanes) is 1. The van der Waals surface area contributed by atoms with E-state index in [0.29, 0.717) is 0 Å². The van der Waals surface area contributed by atoms with Crippen LogP contribution in [-0.4, -0.2) is 6.61 Å². The first-order chi connectivity index (χ1) is 9.19. The van der Waals surface area contributed by atoms with E-state index in [2.05, 4.69) is 25.7 Å². The van der Waals surface area contributed by atoms with Gasteiger partial charge in [-0.05, 0) is 49.4 Å². The molecule has 0 saturated carbocycles. The topological polar surface area (TPSA) is 9.23 Å². The predicted molar refractivity (Wildman–Crippen MR) is 83.0 cm³/mol. The van der Waals surface area contributed by atoms with Crippen molar-refractivity contribution in [3.8, 4) is 17.6 Å². The minimum absolute atomic E-state index is 0.746. The van der Waals surface area contributed by atoms with Gasteiger partial charge in [0.25, 0.3) is 0 Å². The average molecular weight is 279 g/mol. The van der Waals surface area contributed by atoms with Crippen LogP contribution in [0.3, 0.4) is 0 Å². The molecule has 19 heavy (non-hydrogen) atoms. The molecule has 104 valence electrons. The molecule has 0 amide bonds. The van der Waals surface area contributed by atoms with Gasteiger partial charge in [-0.2, -0.15) is 0 Å². The van der Waals surface area contributed by atoms with Crippen LogP contribution < -0.4 is 4.74 Å². The Morgan fingerprint density at radius 3 is 2.53 bits per heavy atom. The van der Waals surface area contributed by atoms with Gasteiger partial charge in [0.2, 0.25) is 0 Å². The standard InChI is InChI=1S/C17H23ClO/c1-4-6-7-8-9-10-15-13-16(18)14(3)12-17(15)19-11-5-2/h12-13H,4-6,9-11H2,1-3H3. The van der Waals surface area contributed by atoms with Gasteiger partial charge in [-0.15, -0.1) is 11.8 Å². The van der Waals surface area contributed by atoms with Crippen molar-refractivity contribution >= 4 is 11.6 Å². The SMILES string of the molecule is CCCC#CCCc1cc(Cl)c(C)cc1OCCC. The van der Waals surface area contributed by atoms with E-state index in [1.807, 2.05) is 19.1 Å². The van der Waals surface area contributed by atoms with Crippen LogP contribution in [0, 0.1) is 18.8 Å². The van der Waals surface area contributed by atoms with Crippen LogP contribution >= 0.6 is 11.6 Å². The number of hydrogen-bond acceptors (Lipinski definition) is 1. The molecule has 0 atom stereocenters. The van der Waals surface area contributed by atoms with E-state index in [0.717, 1.165) is 60.6 Å². The van der Waals surface area contributed by atoms with E-state index in [9.17, 15) is 0 Å². The molecular weight excluding hydrogens is 256 g/mol. The van der Waals surface area contributed by atoms with Crippen molar-refractivity contribution < 1.29 is 4.74 Å². The first-order valence-corrected chi connectivity index (χ1v) is 7.44. The van der Waals surface area contributed by atoms with Gasteiger partial charge < -0.3 is 4.74 Å². The fourth-order valence-corrected chi connectivity index (χ4v) is 1.92. The highest BCUT2D eigenvalue weighted by molar-refractivity contribution is 6.31. The molecule has 0 spiro atoms. The number of aryl methyl sites for hydroxylation is 2. The molecule has 0 fully saturated rings. The molecule has 0 N–H and O–H groups in total. The number of hydrogen-bond donors (Lipinski definition) is 0. The second-order valence-corrected chi connectivity index (χ2v) is 5.07. The van der Waals surface area contributed by atoms with Crippen molar-refractivity contribution in [1.82, 2.24) is 0 Å². The van der Waals surface area contributed by atoms with Gasteiger partial charge in [0, 0.05) is 17.9 Å². The Kier molecular flexibility index (Phi) is 7.45. The Bertz CT molecular complexity index is 454. The molecule has 0 unspecified atom stereocenters. The Balaban J connectivity index is 2.74. The third-order valence-electron chi connectivity index (χ3n) is 2.82. The van der Waals surface area contributed by atoms with Crippen molar-refractivity contribution in [1.29, 1.82) is 0 Å². The van der Waals surface area contributed by atoms with Crippen molar-refractivity contribution in [3.63, 3.8) is 0 Å². The average Bonchev–Trinajstić information content (AvgIpc) is 2.40. The maximum atomic E-state index is 6.19. The second-order valence-electron chi connectivity index (χ2n) is 4.66. The lowest BCUT2D eigenvalue weighted by molar-refractivity contribution is 0.314. The van der Waals surface area contributed by atoms with Gasteiger partial charge in [-0.1, -0.05) is 25.4 Å². The van der Waals surface area contributed by atoms with Crippen LogP contribution in [-0.2, 0) is 6.42 Å². The minimum Gasteiger partial charge on any atom is -0.493 e. The first kappa shape index (κ1) is 15.9. The van der Waals surface area contributed by atoms with E-state index in [1.165, 1.54) is 0 Å². The van der Waals surface area contributed by atoms with Gasteiger partial charge in [0.15, 0.2) is 0 Å². The fourth-order valence-electron chi connectivity index (χ4n) is 1.74. The molecule has 0 aliphatic heterocycles. The number of benzene rings is 1. The van der Waals surface area contributed by atoms with Crippen molar-refractivity contribution in [2.75, 3.05) is 6.61 Å². The summed E-state index contributed by atoms with van der Waals surface area (Å²) in [5.74, 6) is 7.33. The first-order valence-electron chi connectivity index (χ1n) is 7.06. The zero-order valence-electron chi connectivity index (χ0n) is 12.2. The van der Waals surface area contributed by atoms with Crippen molar-refractivity contribution in [3.05, 3.63) is 28.3 Å².